The number of hydrogen-bond acceptors (Lipinski definition) is 5. The van der Waals surface area contributed by atoms with E-state index in [1.54, 1.807) is 6.92 Å². The smallest absolute Gasteiger partial charge is 0.168 e. The van der Waals surface area contributed by atoms with Gasteiger partial charge in [0.25, 0.3) is 0 Å². The SMILES string of the molecule is C=C1SC(C(C)=O)=C(C)N1C1CC1.CCOc1ccc(N)cc1. The molecule has 1 fully saturated rings. The van der Waals surface area contributed by atoms with Crippen molar-refractivity contribution in [2.75, 3.05) is 12.3 Å². The Morgan fingerprint density at radius 2 is 2.00 bits per heavy atom. The van der Waals surface area contributed by atoms with E-state index in [4.69, 9.17) is 10.5 Å². The van der Waals surface area contributed by atoms with Crippen LogP contribution in [0.15, 0.2) is 46.5 Å². The molecule has 0 aromatic heterocycles. The van der Waals surface area contributed by atoms with Gasteiger partial charge in [0, 0.05) is 17.4 Å². The number of nitrogens with two attached hydrogens (primary N) is 1. The standard InChI is InChI=1S/C10H13NOS.C8H11NO/c1-6-10(7(2)12)13-8(3)11(6)9-4-5-9;1-2-10-8-5-3-7(9)4-6-8/h9H,3-5H2,1-2H3;3-6H,2,9H2,1H3. The molecule has 5 heteroatoms. The lowest BCUT2D eigenvalue weighted by Gasteiger charge is -2.19. The first-order chi connectivity index (χ1) is 10.9. The van der Waals surface area contributed by atoms with Gasteiger partial charge in [-0.2, -0.15) is 0 Å². The summed E-state index contributed by atoms with van der Waals surface area (Å²) in [6.45, 7) is 10.3. The first-order valence-corrected chi connectivity index (χ1v) is 8.61. The molecule has 1 aromatic rings. The molecule has 0 amide bonds. The number of rotatable bonds is 4. The van der Waals surface area contributed by atoms with Crippen molar-refractivity contribution in [3.63, 3.8) is 0 Å². The second-order valence-corrected chi connectivity index (χ2v) is 6.65. The number of allylic oxidation sites excluding steroid dienone is 2. The minimum atomic E-state index is 0.159. The van der Waals surface area contributed by atoms with Crippen molar-refractivity contribution in [2.24, 2.45) is 0 Å². The number of hydrogen-bond donors (Lipinski definition) is 1. The molecule has 0 unspecified atom stereocenters. The van der Waals surface area contributed by atoms with Crippen LogP contribution in [0.1, 0.15) is 33.6 Å². The van der Waals surface area contributed by atoms with E-state index in [9.17, 15) is 4.79 Å². The molecule has 0 radical (unpaired) electrons. The molecule has 4 nitrogen and oxygen atoms in total. The maximum atomic E-state index is 11.2. The van der Waals surface area contributed by atoms with Crippen LogP contribution in [0.3, 0.4) is 0 Å². The van der Waals surface area contributed by atoms with Gasteiger partial charge in [-0.05, 0) is 57.9 Å². The Hall–Kier alpha value is -1.88. The van der Waals surface area contributed by atoms with Crippen LogP contribution in [0, 0.1) is 0 Å². The molecule has 3 rings (SSSR count). The van der Waals surface area contributed by atoms with Gasteiger partial charge in [0.15, 0.2) is 5.78 Å². The second kappa shape index (κ2) is 7.59. The van der Waals surface area contributed by atoms with Crippen LogP contribution in [0.4, 0.5) is 5.69 Å². The Balaban J connectivity index is 0.000000174. The summed E-state index contributed by atoms with van der Waals surface area (Å²) in [6.07, 6.45) is 2.48. The summed E-state index contributed by atoms with van der Waals surface area (Å²) in [5.41, 5.74) is 7.34. The van der Waals surface area contributed by atoms with E-state index in [1.165, 1.54) is 24.6 Å². The van der Waals surface area contributed by atoms with Gasteiger partial charge >= 0.3 is 0 Å². The van der Waals surface area contributed by atoms with Crippen molar-refractivity contribution in [3.8, 4) is 5.75 Å². The Bertz CT molecular complexity index is 618. The van der Waals surface area contributed by atoms with E-state index < -0.39 is 0 Å². The van der Waals surface area contributed by atoms with E-state index in [1.807, 2.05) is 38.1 Å². The predicted octanol–water partition coefficient (Wildman–Crippen LogP) is 4.16. The summed E-state index contributed by atoms with van der Waals surface area (Å²) in [5.74, 6) is 1.03. The fourth-order valence-electron chi connectivity index (χ4n) is 2.40. The molecule has 0 saturated heterocycles. The normalized spacial score (nSPS) is 17.0. The number of nitrogens with zero attached hydrogens (tertiary/aromatic N) is 1. The van der Waals surface area contributed by atoms with Crippen molar-refractivity contribution >= 4 is 23.2 Å². The van der Waals surface area contributed by atoms with Gasteiger partial charge < -0.3 is 15.4 Å². The molecule has 1 saturated carbocycles. The highest BCUT2D eigenvalue weighted by atomic mass is 32.2. The van der Waals surface area contributed by atoms with Crippen LogP contribution in [0.5, 0.6) is 5.75 Å². The molecule has 0 bridgehead atoms. The van der Waals surface area contributed by atoms with Crippen LogP contribution < -0.4 is 10.5 Å². The Morgan fingerprint density at radius 3 is 2.43 bits per heavy atom. The molecule has 1 aliphatic heterocycles. The van der Waals surface area contributed by atoms with Gasteiger partial charge in [0.1, 0.15) is 5.75 Å². The summed E-state index contributed by atoms with van der Waals surface area (Å²) in [7, 11) is 0. The van der Waals surface area contributed by atoms with E-state index in [0.29, 0.717) is 12.6 Å². The topological polar surface area (TPSA) is 55.6 Å². The van der Waals surface area contributed by atoms with E-state index in [2.05, 4.69) is 11.5 Å². The highest BCUT2D eigenvalue weighted by molar-refractivity contribution is 8.07. The summed E-state index contributed by atoms with van der Waals surface area (Å²) in [4.78, 5) is 14.3. The molecular formula is C18H24N2O2S. The van der Waals surface area contributed by atoms with E-state index >= 15 is 0 Å². The number of thioether (sulfide) groups is 1. The van der Waals surface area contributed by atoms with E-state index in [-0.39, 0.29) is 5.78 Å². The minimum absolute atomic E-state index is 0.159. The molecule has 2 N–H and O–H groups in total. The van der Waals surface area contributed by atoms with Crippen LogP contribution in [-0.2, 0) is 4.79 Å². The summed E-state index contributed by atoms with van der Waals surface area (Å²) < 4.78 is 5.21. The zero-order valence-corrected chi connectivity index (χ0v) is 14.8. The summed E-state index contributed by atoms with van der Waals surface area (Å²) >= 11 is 1.52. The van der Waals surface area contributed by atoms with E-state index in [0.717, 1.165) is 27.1 Å². The van der Waals surface area contributed by atoms with Gasteiger partial charge in [-0.15, -0.1) is 0 Å². The van der Waals surface area contributed by atoms with Gasteiger partial charge in [0.2, 0.25) is 0 Å². The number of ether oxygens (including phenoxy) is 1. The summed E-state index contributed by atoms with van der Waals surface area (Å²) in [5, 5.41) is 1.02. The first kappa shape index (κ1) is 17.5. The average Bonchev–Trinajstić information content (AvgIpc) is 3.28. The monoisotopic (exact) mass is 332 g/mol. The molecular weight excluding hydrogens is 308 g/mol. The van der Waals surface area contributed by atoms with Gasteiger partial charge in [-0.3, -0.25) is 4.79 Å². The summed E-state index contributed by atoms with van der Waals surface area (Å²) in [6, 6.07) is 7.99. The number of carbonyl (C=O) groups is 1. The Labute approximate surface area is 142 Å². The fourth-order valence-corrected chi connectivity index (χ4v) is 3.41. The molecule has 2 aliphatic rings. The van der Waals surface area contributed by atoms with Crippen molar-refractivity contribution < 1.29 is 9.53 Å². The molecule has 1 heterocycles. The lowest BCUT2D eigenvalue weighted by molar-refractivity contribution is -0.113. The largest absolute Gasteiger partial charge is 0.494 e. The van der Waals surface area contributed by atoms with Crippen molar-refractivity contribution in [2.45, 2.75) is 39.7 Å². The number of nitrogen functional groups attached to an aromatic ring is 1. The minimum Gasteiger partial charge on any atom is -0.494 e. The highest BCUT2D eigenvalue weighted by Crippen LogP contribution is 2.46. The van der Waals surface area contributed by atoms with Crippen LogP contribution in [-0.4, -0.2) is 23.3 Å². The third kappa shape index (κ3) is 4.55. The van der Waals surface area contributed by atoms with Crippen LogP contribution >= 0.6 is 11.8 Å². The molecule has 23 heavy (non-hydrogen) atoms. The first-order valence-electron chi connectivity index (χ1n) is 7.80. The van der Waals surface area contributed by atoms with Crippen molar-refractivity contribution in [1.29, 1.82) is 0 Å². The quantitative estimate of drug-likeness (QED) is 0.839. The molecule has 1 aliphatic carbocycles. The Kier molecular flexibility index (Phi) is 5.77. The van der Waals surface area contributed by atoms with Gasteiger partial charge in [0.05, 0.1) is 16.5 Å². The zero-order chi connectivity index (χ0) is 17.0. The maximum Gasteiger partial charge on any atom is 0.168 e. The number of anilines is 1. The third-order valence-electron chi connectivity index (χ3n) is 3.60. The third-order valence-corrected chi connectivity index (χ3v) is 4.82. The van der Waals surface area contributed by atoms with Gasteiger partial charge in [-0.1, -0.05) is 18.3 Å². The number of ketones is 1. The number of Topliss-reactive ketones (excluding diaryl/α,β-unsaturated/α-hetero) is 1. The Morgan fingerprint density at radius 1 is 1.39 bits per heavy atom. The number of carbonyl (C=O) groups excluding carboxylic acids is 1. The lowest BCUT2D eigenvalue weighted by Crippen LogP contribution is -2.18. The molecule has 1 aromatic carbocycles. The highest BCUT2D eigenvalue weighted by Gasteiger charge is 2.37. The molecule has 0 spiro atoms. The van der Waals surface area contributed by atoms with Crippen LogP contribution in [0.2, 0.25) is 0 Å². The van der Waals surface area contributed by atoms with Crippen molar-refractivity contribution in [3.05, 3.63) is 46.5 Å². The second-order valence-electron chi connectivity index (χ2n) is 5.57. The van der Waals surface area contributed by atoms with Gasteiger partial charge in [-0.25, -0.2) is 0 Å². The zero-order valence-electron chi connectivity index (χ0n) is 14.0. The molecule has 0 atom stereocenters. The average molecular weight is 332 g/mol. The maximum absolute atomic E-state index is 11.2. The fraction of sp³-hybridized carbons (Fsp3) is 0.389. The number of benzene rings is 1. The van der Waals surface area contributed by atoms with Crippen molar-refractivity contribution in [1.82, 2.24) is 4.90 Å². The molecule has 124 valence electrons. The predicted molar refractivity (Wildman–Crippen MR) is 97.0 cm³/mol. The lowest BCUT2D eigenvalue weighted by atomic mass is 10.3. The van der Waals surface area contributed by atoms with Crippen LogP contribution in [0.25, 0.3) is 0 Å².